The molecule has 1 saturated heterocycles. The molecule has 1 fully saturated rings. The van der Waals surface area contributed by atoms with Gasteiger partial charge >= 0.3 is 0 Å². The molecule has 106 valence electrons. The van der Waals surface area contributed by atoms with Gasteiger partial charge in [-0.1, -0.05) is 17.7 Å². The van der Waals surface area contributed by atoms with Gasteiger partial charge in [0.2, 0.25) is 0 Å². The fraction of sp³-hybridized carbons (Fsp3) is 0.600. The van der Waals surface area contributed by atoms with Gasteiger partial charge in [-0.2, -0.15) is 0 Å². The van der Waals surface area contributed by atoms with Crippen LogP contribution in [-0.2, 0) is 4.74 Å². The van der Waals surface area contributed by atoms with Crippen molar-refractivity contribution < 1.29 is 9.84 Å². The van der Waals surface area contributed by atoms with Crippen molar-refractivity contribution >= 4 is 11.8 Å². The Bertz CT molecular complexity index is 382. The molecule has 0 radical (unpaired) electrons. The Morgan fingerprint density at radius 2 is 2.05 bits per heavy atom. The number of ether oxygens (including phenoxy) is 1. The standard InChI is InChI=1S/C15H23NO2S/c1-12-3-5-15(6-4-12)19-8-7-16-9-13(2)18-14(10-16)11-17/h3-6,13-14,17H,7-11H2,1-2H3. The Labute approximate surface area is 120 Å². The third-order valence-corrected chi connectivity index (χ3v) is 4.29. The van der Waals surface area contributed by atoms with Gasteiger partial charge in [0, 0.05) is 30.3 Å². The van der Waals surface area contributed by atoms with Crippen molar-refractivity contribution in [2.45, 2.75) is 31.0 Å². The number of aryl methyl sites for hydroxylation is 1. The Morgan fingerprint density at radius 3 is 2.74 bits per heavy atom. The van der Waals surface area contributed by atoms with Crippen molar-refractivity contribution in [2.24, 2.45) is 0 Å². The highest BCUT2D eigenvalue weighted by atomic mass is 32.2. The van der Waals surface area contributed by atoms with Crippen LogP contribution in [0, 0.1) is 6.92 Å². The van der Waals surface area contributed by atoms with Crippen LogP contribution in [0.2, 0.25) is 0 Å². The first-order valence-electron chi connectivity index (χ1n) is 6.85. The minimum Gasteiger partial charge on any atom is -0.394 e. The number of benzene rings is 1. The van der Waals surface area contributed by atoms with Crippen LogP contribution in [0.1, 0.15) is 12.5 Å². The summed E-state index contributed by atoms with van der Waals surface area (Å²) in [5.74, 6) is 1.08. The second-order valence-corrected chi connectivity index (χ2v) is 6.34. The van der Waals surface area contributed by atoms with Crippen LogP contribution in [0.3, 0.4) is 0 Å². The van der Waals surface area contributed by atoms with Gasteiger partial charge in [-0.3, -0.25) is 4.90 Å². The fourth-order valence-corrected chi connectivity index (χ4v) is 3.26. The summed E-state index contributed by atoms with van der Waals surface area (Å²) in [6.45, 7) is 7.15. The van der Waals surface area contributed by atoms with Crippen molar-refractivity contribution in [2.75, 3.05) is 32.0 Å². The molecule has 0 saturated carbocycles. The van der Waals surface area contributed by atoms with E-state index in [0.717, 1.165) is 25.4 Å². The van der Waals surface area contributed by atoms with Crippen LogP contribution >= 0.6 is 11.8 Å². The molecule has 2 unspecified atom stereocenters. The molecule has 0 spiro atoms. The molecule has 1 N–H and O–H groups in total. The average molecular weight is 281 g/mol. The molecule has 4 heteroatoms. The summed E-state index contributed by atoms with van der Waals surface area (Å²) in [5.41, 5.74) is 1.30. The van der Waals surface area contributed by atoms with Crippen molar-refractivity contribution in [1.82, 2.24) is 4.90 Å². The first-order valence-corrected chi connectivity index (χ1v) is 7.84. The van der Waals surface area contributed by atoms with Crippen molar-refractivity contribution in [3.63, 3.8) is 0 Å². The number of hydrogen-bond acceptors (Lipinski definition) is 4. The summed E-state index contributed by atoms with van der Waals surface area (Å²) in [6.07, 6.45) is 0.198. The molecular weight excluding hydrogens is 258 g/mol. The first kappa shape index (κ1) is 14.9. The summed E-state index contributed by atoms with van der Waals surface area (Å²) in [4.78, 5) is 3.71. The predicted molar refractivity (Wildman–Crippen MR) is 79.8 cm³/mol. The van der Waals surface area contributed by atoms with Crippen LogP contribution in [0.25, 0.3) is 0 Å². The minimum absolute atomic E-state index is 0.0203. The van der Waals surface area contributed by atoms with Gasteiger partial charge in [-0.25, -0.2) is 0 Å². The molecule has 0 bridgehead atoms. The molecule has 1 aliphatic heterocycles. The van der Waals surface area contributed by atoms with Gasteiger partial charge in [0.15, 0.2) is 0 Å². The maximum absolute atomic E-state index is 9.20. The molecule has 1 aliphatic rings. The molecule has 1 heterocycles. The molecule has 2 atom stereocenters. The highest BCUT2D eigenvalue weighted by Crippen LogP contribution is 2.19. The zero-order valence-electron chi connectivity index (χ0n) is 11.7. The number of thioether (sulfide) groups is 1. The molecule has 0 amide bonds. The van der Waals surface area contributed by atoms with E-state index >= 15 is 0 Å². The van der Waals surface area contributed by atoms with Crippen LogP contribution in [0.4, 0.5) is 0 Å². The highest BCUT2D eigenvalue weighted by molar-refractivity contribution is 7.99. The van der Waals surface area contributed by atoms with Crippen molar-refractivity contribution in [1.29, 1.82) is 0 Å². The molecule has 1 aromatic carbocycles. The van der Waals surface area contributed by atoms with E-state index in [9.17, 15) is 5.11 Å². The number of aliphatic hydroxyl groups excluding tert-OH is 1. The summed E-state index contributed by atoms with van der Waals surface area (Å²) in [6, 6.07) is 8.67. The van der Waals surface area contributed by atoms with Crippen molar-refractivity contribution in [3.8, 4) is 0 Å². The smallest absolute Gasteiger partial charge is 0.0936 e. The lowest BCUT2D eigenvalue weighted by Gasteiger charge is -2.35. The first-order chi connectivity index (χ1) is 9.17. The normalized spacial score (nSPS) is 24.6. The number of hydrogen-bond donors (Lipinski definition) is 1. The van der Waals surface area contributed by atoms with E-state index in [2.05, 4.69) is 43.0 Å². The lowest BCUT2D eigenvalue weighted by atomic mass is 10.2. The van der Waals surface area contributed by atoms with E-state index < -0.39 is 0 Å². The van der Waals surface area contributed by atoms with E-state index in [1.807, 2.05) is 11.8 Å². The zero-order chi connectivity index (χ0) is 13.7. The largest absolute Gasteiger partial charge is 0.394 e. The van der Waals surface area contributed by atoms with Gasteiger partial charge < -0.3 is 9.84 Å². The SMILES string of the molecule is Cc1ccc(SCCN2CC(C)OC(CO)C2)cc1. The number of aliphatic hydroxyl groups is 1. The molecule has 3 nitrogen and oxygen atoms in total. The van der Waals surface area contributed by atoms with Gasteiger partial charge in [-0.05, 0) is 26.0 Å². The zero-order valence-corrected chi connectivity index (χ0v) is 12.5. The van der Waals surface area contributed by atoms with Gasteiger partial charge in [0.1, 0.15) is 0 Å². The lowest BCUT2D eigenvalue weighted by molar-refractivity contribution is -0.0935. The summed E-state index contributed by atoms with van der Waals surface area (Å²) >= 11 is 1.89. The van der Waals surface area contributed by atoms with Gasteiger partial charge in [0.05, 0.1) is 18.8 Å². The van der Waals surface area contributed by atoms with Crippen LogP contribution in [-0.4, -0.2) is 54.2 Å². The second-order valence-electron chi connectivity index (χ2n) is 5.17. The molecule has 1 aromatic rings. The Morgan fingerprint density at radius 1 is 1.32 bits per heavy atom. The molecule has 0 aliphatic carbocycles. The molecular formula is C15H23NO2S. The predicted octanol–water partition coefficient (Wildman–Crippen LogP) is 2.17. The maximum atomic E-state index is 9.20. The Balaban J connectivity index is 1.74. The topological polar surface area (TPSA) is 32.7 Å². The number of nitrogens with zero attached hydrogens (tertiary/aromatic N) is 1. The number of morpholine rings is 1. The monoisotopic (exact) mass is 281 g/mol. The van der Waals surface area contributed by atoms with E-state index in [1.54, 1.807) is 0 Å². The summed E-state index contributed by atoms with van der Waals surface area (Å²) in [5, 5.41) is 9.20. The molecule has 2 rings (SSSR count). The minimum atomic E-state index is -0.0203. The highest BCUT2D eigenvalue weighted by Gasteiger charge is 2.24. The maximum Gasteiger partial charge on any atom is 0.0936 e. The quantitative estimate of drug-likeness (QED) is 0.839. The second kappa shape index (κ2) is 7.29. The van der Waals surface area contributed by atoms with E-state index in [0.29, 0.717) is 0 Å². The number of rotatable bonds is 5. The third-order valence-electron chi connectivity index (χ3n) is 3.30. The summed E-state index contributed by atoms with van der Waals surface area (Å²) in [7, 11) is 0. The molecule has 19 heavy (non-hydrogen) atoms. The van der Waals surface area contributed by atoms with Crippen molar-refractivity contribution in [3.05, 3.63) is 29.8 Å². The third kappa shape index (κ3) is 4.80. The van der Waals surface area contributed by atoms with Crippen LogP contribution in [0.15, 0.2) is 29.2 Å². The summed E-state index contributed by atoms with van der Waals surface area (Å²) < 4.78 is 5.64. The fourth-order valence-electron chi connectivity index (χ4n) is 2.35. The molecule has 0 aromatic heterocycles. The van der Waals surface area contributed by atoms with Gasteiger partial charge in [-0.15, -0.1) is 11.8 Å². The Kier molecular flexibility index (Phi) is 5.70. The average Bonchev–Trinajstić information content (AvgIpc) is 2.40. The van der Waals surface area contributed by atoms with Crippen LogP contribution in [0.5, 0.6) is 0 Å². The van der Waals surface area contributed by atoms with Gasteiger partial charge in [0.25, 0.3) is 0 Å². The van der Waals surface area contributed by atoms with Crippen LogP contribution < -0.4 is 0 Å². The van der Waals surface area contributed by atoms with E-state index in [4.69, 9.17) is 4.74 Å². The Hall–Kier alpha value is -0.550. The lowest BCUT2D eigenvalue weighted by Crippen LogP contribution is -2.48. The van der Waals surface area contributed by atoms with E-state index in [-0.39, 0.29) is 18.8 Å². The van der Waals surface area contributed by atoms with E-state index in [1.165, 1.54) is 10.5 Å².